The third-order valence-corrected chi connectivity index (χ3v) is 6.43. The molecule has 20 heavy (non-hydrogen) atoms. The van der Waals surface area contributed by atoms with Crippen molar-refractivity contribution in [3.05, 3.63) is 0 Å². The van der Waals surface area contributed by atoms with Crippen LogP contribution in [0.3, 0.4) is 0 Å². The number of aliphatic hydroxyl groups is 1. The Morgan fingerprint density at radius 3 is 2.60 bits per heavy atom. The van der Waals surface area contributed by atoms with Gasteiger partial charge >= 0.3 is 11.9 Å². The summed E-state index contributed by atoms with van der Waals surface area (Å²) < 4.78 is 10.7. The van der Waals surface area contributed by atoms with Gasteiger partial charge in [0.2, 0.25) is 0 Å². The summed E-state index contributed by atoms with van der Waals surface area (Å²) in [5.41, 5.74) is -0.916. The highest BCUT2D eigenvalue weighted by molar-refractivity contribution is 5.81. The van der Waals surface area contributed by atoms with Crippen LogP contribution in [0, 0.1) is 28.1 Å². The molecule has 0 aromatic carbocycles. The standard InChI is InChI=1S/C15H20O5/c1-13(2)6-14(3)5-9(17)19-12-15(14)8(13)4-7(16)10(15)11(18)20-12/h7-8,10,12,16H,4-6H2,1-3H3/t7-,8-,10-,12-,14?,15+/m0/s1. The van der Waals surface area contributed by atoms with Crippen molar-refractivity contribution in [3.8, 4) is 0 Å². The van der Waals surface area contributed by atoms with E-state index in [0.717, 1.165) is 6.42 Å². The molecule has 4 fully saturated rings. The molecule has 2 aliphatic heterocycles. The molecule has 4 rings (SSSR count). The number of rotatable bonds is 0. The molecule has 2 aliphatic carbocycles. The lowest BCUT2D eigenvalue weighted by Gasteiger charge is -2.47. The molecular weight excluding hydrogens is 260 g/mol. The van der Waals surface area contributed by atoms with Crippen LogP contribution in [0.2, 0.25) is 0 Å². The number of hydrogen-bond donors (Lipinski definition) is 1. The second kappa shape index (κ2) is 3.21. The van der Waals surface area contributed by atoms with Crippen molar-refractivity contribution in [2.75, 3.05) is 0 Å². The van der Waals surface area contributed by atoms with E-state index < -0.39 is 29.7 Å². The fourth-order valence-corrected chi connectivity index (χ4v) is 6.19. The predicted molar refractivity (Wildman–Crippen MR) is 67.1 cm³/mol. The Hall–Kier alpha value is -1.10. The fraction of sp³-hybridized carbons (Fsp3) is 0.867. The molecule has 4 aliphatic rings. The summed E-state index contributed by atoms with van der Waals surface area (Å²) in [6.45, 7) is 6.39. The van der Waals surface area contributed by atoms with E-state index in [0.29, 0.717) is 12.8 Å². The van der Waals surface area contributed by atoms with Gasteiger partial charge in [-0.3, -0.25) is 9.59 Å². The van der Waals surface area contributed by atoms with Gasteiger partial charge in [0.05, 0.1) is 23.9 Å². The van der Waals surface area contributed by atoms with Gasteiger partial charge in [0.1, 0.15) is 0 Å². The van der Waals surface area contributed by atoms with E-state index >= 15 is 0 Å². The average molecular weight is 280 g/mol. The quantitative estimate of drug-likeness (QED) is 0.676. The maximum Gasteiger partial charge on any atom is 0.315 e. The zero-order valence-electron chi connectivity index (χ0n) is 12.0. The zero-order chi connectivity index (χ0) is 14.5. The molecule has 2 saturated carbocycles. The van der Waals surface area contributed by atoms with E-state index in [1.807, 2.05) is 0 Å². The summed E-state index contributed by atoms with van der Waals surface area (Å²) in [4.78, 5) is 24.1. The van der Waals surface area contributed by atoms with Gasteiger partial charge in [0.15, 0.2) is 0 Å². The number of aliphatic hydroxyl groups excluding tert-OH is 1. The van der Waals surface area contributed by atoms with Crippen LogP contribution in [-0.4, -0.2) is 29.4 Å². The largest absolute Gasteiger partial charge is 0.424 e. The Labute approximate surface area is 117 Å². The zero-order valence-corrected chi connectivity index (χ0v) is 12.0. The lowest BCUT2D eigenvalue weighted by molar-refractivity contribution is -0.229. The second-order valence-corrected chi connectivity index (χ2v) is 7.93. The minimum absolute atomic E-state index is 0.0370. The summed E-state index contributed by atoms with van der Waals surface area (Å²) in [5.74, 6) is -1.10. The second-order valence-electron chi connectivity index (χ2n) is 7.93. The summed E-state index contributed by atoms with van der Waals surface area (Å²) in [5, 5.41) is 10.4. The van der Waals surface area contributed by atoms with Crippen LogP contribution in [0.1, 0.15) is 40.0 Å². The maximum atomic E-state index is 12.2. The van der Waals surface area contributed by atoms with E-state index in [1.165, 1.54) is 0 Å². The van der Waals surface area contributed by atoms with E-state index in [1.54, 1.807) is 0 Å². The minimum Gasteiger partial charge on any atom is -0.424 e. The number of ether oxygens (including phenoxy) is 2. The number of hydrogen-bond acceptors (Lipinski definition) is 5. The molecule has 2 heterocycles. The van der Waals surface area contributed by atoms with E-state index in [9.17, 15) is 14.7 Å². The molecule has 0 aromatic heterocycles. The third-order valence-electron chi connectivity index (χ3n) is 6.43. The van der Waals surface area contributed by atoms with Crippen LogP contribution in [-0.2, 0) is 19.1 Å². The third kappa shape index (κ3) is 1.08. The highest BCUT2D eigenvalue weighted by atomic mass is 16.7. The Morgan fingerprint density at radius 2 is 1.90 bits per heavy atom. The SMILES string of the molecule is CC1(C)CC2(C)CC(=O)O[C@H]3OC(=O)[C@@H]4[C@@H](O)C[C@@H]1[C@]342. The first-order valence-corrected chi connectivity index (χ1v) is 7.30. The van der Waals surface area contributed by atoms with Crippen molar-refractivity contribution in [1.29, 1.82) is 0 Å². The smallest absolute Gasteiger partial charge is 0.315 e. The van der Waals surface area contributed by atoms with Gasteiger partial charge in [-0.2, -0.15) is 0 Å². The van der Waals surface area contributed by atoms with Crippen molar-refractivity contribution >= 4 is 11.9 Å². The molecular formula is C15H20O5. The van der Waals surface area contributed by atoms with Crippen LogP contribution < -0.4 is 0 Å². The summed E-state index contributed by atoms with van der Waals surface area (Å²) in [7, 11) is 0. The van der Waals surface area contributed by atoms with Gasteiger partial charge in [-0.25, -0.2) is 0 Å². The topological polar surface area (TPSA) is 72.8 Å². The van der Waals surface area contributed by atoms with E-state index in [-0.39, 0.29) is 22.7 Å². The molecule has 6 atom stereocenters. The van der Waals surface area contributed by atoms with E-state index in [2.05, 4.69) is 20.8 Å². The Balaban J connectivity index is 1.97. The molecule has 2 saturated heterocycles. The van der Waals surface area contributed by atoms with Gasteiger partial charge in [0, 0.05) is 0 Å². The Kier molecular flexibility index (Phi) is 2.03. The van der Waals surface area contributed by atoms with Gasteiger partial charge in [-0.05, 0) is 29.6 Å². The first-order chi connectivity index (χ1) is 9.22. The fourth-order valence-electron chi connectivity index (χ4n) is 6.19. The normalized spacial score (nSPS) is 55.2. The van der Waals surface area contributed by atoms with Crippen molar-refractivity contribution < 1.29 is 24.2 Å². The van der Waals surface area contributed by atoms with Gasteiger partial charge in [-0.15, -0.1) is 0 Å². The van der Waals surface area contributed by atoms with Crippen LogP contribution >= 0.6 is 0 Å². The molecule has 0 aromatic rings. The van der Waals surface area contributed by atoms with Gasteiger partial charge in [0.25, 0.3) is 6.29 Å². The monoisotopic (exact) mass is 280 g/mol. The molecule has 0 amide bonds. The lowest BCUT2D eigenvalue weighted by Crippen LogP contribution is -2.54. The average Bonchev–Trinajstić information content (AvgIpc) is 2.79. The van der Waals surface area contributed by atoms with Crippen LogP contribution in [0.15, 0.2) is 0 Å². The van der Waals surface area contributed by atoms with Gasteiger partial charge < -0.3 is 14.6 Å². The highest BCUT2D eigenvalue weighted by Gasteiger charge is 2.82. The van der Waals surface area contributed by atoms with Crippen molar-refractivity contribution in [1.82, 2.24) is 0 Å². The number of esters is 2. The maximum absolute atomic E-state index is 12.2. The Bertz CT molecular complexity index is 526. The molecule has 1 N–H and O–H groups in total. The summed E-state index contributed by atoms with van der Waals surface area (Å²) >= 11 is 0. The van der Waals surface area contributed by atoms with Crippen LogP contribution in [0.4, 0.5) is 0 Å². The van der Waals surface area contributed by atoms with Crippen molar-refractivity contribution in [3.63, 3.8) is 0 Å². The molecule has 110 valence electrons. The summed E-state index contributed by atoms with van der Waals surface area (Å²) in [6.07, 6.45) is 0.263. The minimum atomic E-state index is -0.810. The Morgan fingerprint density at radius 1 is 1.20 bits per heavy atom. The molecule has 0 bridgehead atoms. The number of carbonyl (C=O) groups is 2. The van der Waals surface area contributed by atoms with Crippen molar-refractivity contribution in [2.24, 2.45) is 28.1 Å². The first-order valence-electron chi connectivity index (χ1n) is 7.30. The summed E-state index contributed by atoms with van der Waals surface area (Å²) in [6, 6.07) is 0. The number of carbonyl (C=O) groups excluding carboxylic acids is 2. The van der Waals surface area contributed by atoms with Crippen molar-refractivity contribution in [2.45, 2.75) is 52.4 Å². The van der Waals surface area contributed by atoms with Crippen LogP contribution in [0.25, 0.3) is 0 Å². The molecule has 0 radical (unpaired) electrons. The van der Waals surface area contributed by atoms with Gasteiger partial charge in [-0.1, -0.05) is 20.8 Å². The lowest BCUT2D eigenvalue weighted by atomic mass is 9.57. The molecule has 1 spiro atoms. The molecule has 5 heteroatoms. The first kappa shape index (κ1) is 12.6. The van der Waals surface area contributed by atoms with Crippen LogP contribution in [0.5, 0.6) is 0 Å². The highest BCUT2D eigenvalue weighted by Crippen LogP contribution is 2.77. The molecule has 5 nitrogen and oxygen atoms in total. The molecule has 1 unspecified atom stereocenters. The predicted octanol–water partition coefficient (Wildman–Crippen LogP) is 1.24. The van der Waals surface area contributed by atoms with E-state index in [4.69, 9.17) is 9.47 Å².